The molecule has 8 nitrogen and oxygen atoms in total. The molecule has 1 aromatic carbocycles. The Kier molecular flexibility index (Phi) is 7.35. The van der Waals surface area contributed by atoms with Crippen LogP contribution in [0.5, 0.6) is 0 Å². The van der Waals surface area contributed by atoms with Gasteiger partial charge in [0.05, 0.1) is 17.1 Å². The zero-order chi connectivity index (χ0) is 27.8. The maximum Gasteiger partial charge on any atom is 0.333 e. The number of aryl methyl sites for hydroxylation is 1. The molecule has 0 atom stereocenters. The Morgan fingerprint density at radius 3 is 2.42 bits per heavy atom. The summed E-state index contributed by atoms with van der Waals surface area (Å²) in [5, 5.41) is 3.25. The van der Waals surface area contributed by atoms with Crippen molar-refractivity contribution in [1.29, 1.82) is 0 Å². The number of benzene rings is 1. The fraction of sp³-hybridized carbons (Fsp3) is 0.400. The van der Waals surface area contributed by atoms with Crippen molar-refractivity contribution < 1.29 is 13.6 Å². The minimum absolute atomic E-state index is 0.0735. The van der Waals surface area contributed by atoms with Gasteiger partial charge in [0.25, 0.3) is 11.5 Å². The number of thioether (sulfide) groups is 1. The Hall–Kier alpha value is -3.66. The van der Waals surface area contributed by atoms with E-state index in [0.717, 1.165) is 36.1 Å². The summed E-state index contributed by atoms with van der Waals surface area (Å²) < 4.78 is 22.9. The van der Waals surface area contributed by atoms with Crippen LogP contribution in [0.1, 0.15) is 66.7 Å². The smallest absolute Gasteiger partial charge is 0.333 e. The van der Waals surface area contributed by atoms with Gasteiger partial charge in [0.2, 0.25) is 0 Å². The first kappa shape index (κ1) is 26.6. The molecule has 1 saturated heterocycles. The highest BCUT2D eigenvalue weighted by molar-refractivity contribution is 7.99. The third-order valence-corrected chi connectivity index (χ3v) is 9.15. The van der Waals surface area contributed by atoms with E-state index in [1.807, 2.05) is 42.1 Å². The first-order chi connectivity index (χ1) is 19.4. The Bertz CT molecular complexity index is 1670. The molecular weight excluding hydrogens is 531 g/mol. The van der Waals surface area contributed by atoms with Crippen LogP contribution in [0.2, 0.25) is 0 Å². The number of aromatic nitrogens is 3. The minimum Gasteiger partial charge on any atom is -0.461 e. The van der Waals surface area contributed by atoms with Crippen molar-refractivity contribution >= 4 is 28.7 Å². The van der Waals surface area contributed by atoms with E-state index in [0.29, 0.717) is 42.8 Å². The van der Waals surface area contributed by atoms with Crippen molar-refractivity contribution in [1.82, 2.24) is 19.4 Å². The van der Waals surface area contributed by atoms with Gasteiger partial charge in [-0.15, -0.1) is 0 Å². The molecule has 4 aromatic rings. The van der Waals surface area contributed by atoms with Gasteiger partial charge in [-0.25, -0.2) is 14.2 Å². The number of hydrogen-bond acceptors (Lipinski definition) is 6. The lowest BCUT2D eigenvalue weighted by molar-refractivity contribution is 0.0920. The predicted molar refractivity (Wildman–Crippen MR) is 153 cm³/mol. The van der Waals surface area contributed by atoms with Gasteiger partial charge < -0.3 is 9.73 Å². The number of nitrogens with one attached hydrogen (secondary N) is 1. The molecule has 6 rings (SSSR count). The van der Waals surface area contributed by atoms with Crippen molar-refractivity contribution in [3.63, 3.8) is 0 Å². The summed E-state index contributed by atoms with van der Waals surface area (Å²) >= 11 is 1.84. The van der Waals surface area contributed by atoms with Crippen molar-refractivity contribution in [2.45, 2.75) is 63.6 Å². The summed E-state index contributed by atoms with van der Waals surface area (Å²) in [5.74, 6) is 2.24. The van der Waals surface area contributed by atoms with Crippen molar-refractivity contribution in [3.8, 4) is 11.3 Å². The maximum absolute atomic E-state index is 14.2. The quantitative estimate of drug-likeness (QED) is 0.357. The fourth-order valence-corrected chi connectivity index (χ4v) is 7.07. The second-order valence-electron chi connectivity index (χ2n) is 10.6. The van der Waals surface area contributed by atoms with E-state index in [1.54, 1.807) is 17.6 Å². The highest BCUT2D eigenvalue weighted by atomic mass is 32.2. The number of carbonyl (C=O) groups excluding carboxylic acids is 1. The predicted octanol–water partition coefficient (Wildman–Crippen LogP) is 5.25. The number of nitrogens with zero attached hydrogens (tertiary/aromatic N) is 3. The second-order valence-corrected chi connectivity index (χ2v) is 11.8. The molecule has 0 bridgehead atoms. The van der Waals surface area contributed by atoms with Gasteiger partial charge >= 0.3 is 5.69 Å². The number of carbonyl (C=O) groups is 1. The first-order valence-electron chi connectivity index (χ1n) is 13.8. The lowest BCUT2D eigenvalue weighted by Gasteiger charge is -2.31. The minimum atomic E-state index is -0.600. The van der Waals surface area contributed by atoms with Crippen LogP contribution >= 0.6 is 11.8 Å². The number of fused-ring (bicyclic) bond motifs is 1. The summed E-state index contributed by atoms with van der Waals surface area (Å²) in [6.07, 6.45) is 5.00. The molecular formula is C30H31FN4O4S. The molecule has 1 aliphatic heterocycles. The highest BCUT2D eigenvalue weighted by Crippen LogP contribution is 2.31. The molecule has 2 aliphatic rings. The number of rotatable bonds is 5. The average molecular weight is 563 g/mol. The first-order valence-corrected chi connectivity index (χ1v) is 14.9. The molecule has 208 valence electrons. The zero-order valence-corrected chi connectivity index (χ0v) is 23.1. The van der Waals surface area contributed by atoms with Crippen LogP contribution in [0.25, 0.3) is 22.4 Å². The van der Waals surface area contributed by atoms with Gasteiger partial charge in [-0.3, -0.25) is 18.7 Å². The van der Waals surface area contributed by atoms with Gasteiger partial charge in [-0.2, -0.15) is 11.8 Å². The van der Waals surface area contributed by atoms with Crippen molar-refractivity contribution in [3.05, 3.63) is 86.6 Å². The zero-order valence-electron chi connectivity index (χ0n) is 22.3. The average Bonchev–Trinajstić information content (AvgIpc) is 3.37. The summed E-state index contributed by atoms with van der Waals surface area (Å²) in [4.78, 5) is 44.6. The standard InChI is InChI=1S/C30H31FN4O4S/c1-18-24(16-26(39-18)19-5-3-2-4-6-19)28(36)33-21-7-9-22(10-8-21)35-29(37)25-15-20(31)17-32-27(25)34(30(35)38)23-11-13-40-14-12-23/h2-6,15-17,21-23H,7-14H2,1H3,(H,33,36)/t21-,22+. The Balaban J connectivity index is 1.22. The third kappa shape index (κ3) is 5.00. The molecule has 40 heavy (non-hydrogen) atoms. The van der Waals surface area contributed by atoms with E-state index in [4.69, 9.17) is 4.42 Å². The molecule has 1 aliphatic carbocycles. The van der Waals surface area contributed by atoms with E-state index in [2.05, 4.69) is 10.3 Å². The topological polar surface area (TPSA) is 99.1 Å². The fourth-order valence-electron chi connectivity index (χ4n) is 5.99. The molecule has 0 unspecified atom stereocenters. The molecule has 1 amide bonds. The molecule has 0 radical (unpaired) electrons. The Labute approximate surface area is 234 Å². The maximum atomic E-state index is 14.2. The molecule has 0 spiro atoms. The van der Waals surface area contributed by atoms with E-state index in [9.17, 15) is 18.8 Å². The van der Waals surface area contributed by atoms with Gasteiger partial charge in [-0.05, 0) is 69.1 Å². The van der Waals surface area contributed by atoms with Crippen molar-refractivity contribution in [2.24, 2.45) is 0 Å². The largest absolute Gasteiger partial charge is 0.461 e. The van der Waals surface area contributed by atoms with Gasteiger partial charge in [0.15, 0.2) is 0 Å². The van der Waals surface area contributed by atoms with Gasteiger partial charge in [0, 0.05) is 23.7 Å². The van der Waals surface area contributed by atoms with Crippen molar-refractivity contribution in [2.75, 3.05) is 11.5 Å². The van der Waals surface area contributed by atoms with E-state index >= 15 is 0 Å². The summed E-state index contributed by atoms with van der Waals surface area (Å²) in [6.45, 7) is 1.78. The normalized spacial score (nSPS) is 20.1. The molecule has 1 N–H and O–H groups in total. The van der Waals surface area contributed by atoms with Crippen LogP contribution in [0.4, 0.5) is 4.39 Å². The molecule has 3 aromatic heterocycles. The summed E-state index contributed by atoms with van der Waals surface area (Å²) in [6, 6.07) is 12.1. The number of furan rings is 1. The summed E-state index contributed by atoms with van der Waals surface area (Å²) in [5.41, 5.74) is 0.788. The van der Waals surface area contributed by atoms with Crippen LogP contribution < -0.4 is 16.6 Å². The monoisotopic (exact) mass is 562 g/mol. The number of halogens is 1. The van der Waals surface area contributed by atoms with E-state index < -0.39 is 11.4 Å². The summed E-state index contributed by atoms with van der Waals surface area (Å²) in [7, 11) is 0. The molecule has 10 heteroatoms. The van der Waals surface area contributed by atoms with Crippen LogP contribution in [-0.4, -0.2) is 37.6 Å². The number of pyridine rings is 1. The number of amides is 1. The molecule has 2 fully saturated rings. The van der Waals surface area contributed by atoms with E-state index in [1.165, 1.54) is 10.6 Å². The lowest BCUT2D eigenvalue weighted by atomic mass is 9.90. The molecule has 4 heterocycles. The van der Waals surface area contributed by atoms with Gasteiger partial charge in [-0.1, -0.05) is 30.3 Å². The van der Waals surface area contributed by atoms with Crippen LogP contribution in [0.15, 0.2) is 62.7 Å². The second kappa shape index (κ2) is 11.1. The van der Waals surface area contributed by atoms with Gasteiger partial charge in [0.1, 0.15) is 23.0 Å². The van der Waals surface area contributed by atoms with E-state index in [-0.39, 0.29) is 40.8 Å². The Morgan fingerprint density at radius 2 is 1.70 bits per heavy atom. The Morgan fingerprint density at radius 1 is 1.00 bits per heavy atom. The van der Waals surface area contributed by atoms with Crippen LogP contribution in [-0.2, 0) is 0 Å². The van der Waals surface area contributed by atoms with Crippen LogP contribution in [0, 0.1) is 12.7 Å². The SMILES string of the molecule is Cc1oc(-c2ccccc2)cc1C(=O)N[C@H]1CC[C@@H](n2c(=O)c3cc(F)cnc3n(C3CCSCC3)c2=O)CC1. The highest BCUT2D eigenvalue weighted by Gasteiger charge is 2.30. The molecule has 1 saturated carbocycles. The van der Waals surface area contributed by atoms with Crippen LogP contribution in [0.3, 0.4) is 0 Å². The lowest BCUT2D eigenvalue weighted by Crippen LogP contribution is -2.46. The third-order valence-electron chi connectivity index (χ3n) is 8.10. The number of hydrogen-bond donors (Lipinski definition) is 1.